The molecule has 0 spiro atoms. The van der Waals surface area contributed by atoms with Crippen LogP contribution in [0.5, 0.6) is 0 Å². The molecule has 1 unspecified atom stereocenters. The van der Waals surface area contributed by atoms with Gasteiger partial charge in [0.05, 0.1) is 0 Å². The summed E-state index contributed by atoms with van der Waals surface area (Å²) in [4.78, 5) is 52.0. The Morgan fingerprint density at radius 3 is 2.03 bits per heavy atom. The minimum absolute atomic E-state index is 0.0422. The molecular weight excluding hydrogens is 496 g/mol. The predicted octanol–water partition coefficient (Wildman–Crippen LogP) is 1.69. The zero-order valence-corrected chi connectivity index (χ0v) is 24.3. The van der Waals surface area contributed by atoms with Crippen molar-refractivity contribution in [2.75, 3.05) is 33.2 Å². The summed E-state index contributed by atoms with van der Waals surface area (Å²) in [6.07, 6.45) is 3.57. The molecule has 1 atom stereocenters. The first kappa shape index (κ1) is 34.2. The largest absolute Gasteiger partial charge is 0.356 e. The zero-order chi connectivity index (χ0) is 29.3. The lowest BCUT2D eigenvalue weighted by molar-refractivity contribution is -0.134. The molecule has 0 saturated heterocycles. The summed E-state index contributed by atoms with van der Waals surface area (Å²) in [5.74, 6) is -0.281. The number of amides is 3. The van der Waals surface area contributed by atoms with E-state index in [9.17, 15) is 19.2 Å². The summed E-state index contributed by atoms with van der Waals surface area (Å²) >= 11 is 0. The SMILES string of the molecule is CNCCCNC(=O)CCC(=O)N(CCC(C)N)Cc1ccc(CN(CCC(C)(C)N)C(=O)CCC=O)cc1. The van der Waals surface area contributed by atoms with Crippen LogP contribution in [0, 0.1) is 0 Å². The second kappa shape index (κ2) is 18.5. The van der Waals surface area contributed by atoms with E-state index < -0.39 is 5.54 Å². The number of nitrogens with two attached hydrogens (primary N) is 2. The molecule has 220 valence electrons. The first-order valence-corrected chi connectivity index (χ1v) is 14.0. The number of hydrogen-bond donors (Lipinski definition) is 4. The molecular formula is C29H50N6O4. The molecule has 0 aromatic heterocycles. The van der Waals surface area contributed by atoms with E-state index in [2.05, 4.69) is 10.6 Å². The van der Waals surface area contributed by atoms with Gasteiger partial charge in [0.15, 0.2) is 0 Å². The minimum Gasteiger partial charge on any atom is -0.356 e. The molecule has 0 fully saturated rings. The molecule has 6 N–H and O–H groups in total. The van der Waals surface area contributed by atoms with E-state index in [1.54, 1.807) is 9.80 Å². The number of nitrogens with zero attached hydrogens (tertiary/aromatic N) is 2. The second-order valence-corrected chi connectivity index (χ2v) is 11.0. The molecule has 10 nitrogen and oxygen atoms in total. The summed E-state index contributed by atoms with van der Waals surface area (Å²) < 4.78 is 0. The number of rotatable bonds is 20. The van der Waals surface area contributed by atoms with Crippen LogP contribution in [-0.2, 0) is 32.3 Å². The fourth-order valence-corrected chi connectivity index (χ4v) is 3.86. The van der Waals surface area contributed by atoms with Gasteiger partial charge in [-0.1, -0.05) is 24.3 Å². The minimum atomic E-state index is -0.405. The lowest BCUT2D eigenvalue weighted by Crippen LogP contribution is -2.39. The molecule has 1 aromatic rings. The van der Waals surface area contributed by atoms with Gasteiger partial charge in [0.1, 0.15) is 6.29 Å². The topological polar surface area (TPSA) is 151 Å². The maximum atomic E-state index is 13.0. The number of hydrogen-bond acceptors (Lipinski definition) is 7. The first-order chi connectivity index (χ1) is 18.4. The van der Waals surface area contributed by atoms with E-state index in [4.69, 9.17) is 11.5 Å². The Kier molecular flexibility index (Phi) is 16.2. The average molecular weight is 547 g/mol. The molecule has 0 heterocycles. The summed E-state index contributed by atoms with van der Waals surface area (Å²) in [6.45, 7) is 9.01. The summed E-state index contributed by atoms with van der Waals surface area (Å²) in [7, 11) is 1.86. The van der Waals surface area contributed by atoms with Crippen LogP contribution in [0.15, 0.2) is 24.3 Å². The highest BCUT2D eigenvalue weighted by Crippen LogP contribution is 2.15. The van der Waals surface area contributed by atoms with Crippen molar-refractivity contribution in [1.82, 2.24) is 20.4 Å². The molecule has 0 aliphatic rings. The van der Waals surface area contributed by atoms with Gasteiger partial charge in [-0.2, -0.15) is 0 Å². The maximum Gasteiger partial charge on any atom is 0.223 e. The number of carbonyl (C=O) groups excluding carboxylic acids is 4. The van der Waals surface area contributed by atoms with Gasteiger partial charge in [-0.3, -0.25) is 14.4 Å². The van der Waals surface area contributed by atoms with Gasteiger partial charge < -0.3 is 36.7 Å². The van der Waals surface area contributed by atoms with Crippen LogP contribution in [0.25, 0.3) is 0 Å². The van der Waals surface area contributed by atoms with E-state index in [1.807, 2.05) is 52.1 Å². The highest BCUT2D eigenvalue weighted by Gasteiger charge is 2.19. The Balaban J connectivity index is 2.81. The Morgan fingerprint density at radius 1 is 0.949 bits per heavy atom. The number of nitrogens with one attached hydrogen (secondary N) is 2. The van der Waals surface area contributed by atoms with Gasteiger partial charge >= 0.3 is 0 Å². The van der Waals surface area contributed by atoms with Crippen molar-refractivity contribution in [3.8, 4) is 0 Å². The molecule has 3 amide bonds. The lowest BCUT2D eigenvalue weighted by atomic mass is 10.0. The number of benzene rings is 1. The van der Waals surface area contributed by atoms with Crippen LogP contribution in [0.1, 0.15) is 76.8 Å². The normalized spacial score (nSPS) is 12.1. The molecule has 0 radical (unpaired) electrons. The van der Waals surface area contributed by atoms with Crippen molar-refractivity contribution in [2.24, 2.45) is 11.5 Å². The Hall–Kier alpha value is -2.82. The molecule has 0 saturated carbocycles. The quantitative estimate of drug-likeness (QED) is 0.144. The van der Waals surface area contributed by atoms with Crippen molar-refractivity contribution >= 4 is 24.0 Å². The van der Waals surface area contributed by atoms with Crippen LogP contribution in [0.3, 0.4) is 0 Å². The number of aldehydes is 1. The van der Waals surface area contributed by atoms with Crippen molar-refractivity contribution < 1.29 is 19.2 Å². The lowest BCUT2D eigenvalue weighted by Gasteiger charge is -2.27. The van der Waals surface area contributed by atoms with Crippen LogP contribution < -0.4 is 22.1 Å². The van der Waals surface area contributed by atoms with E-state index >= 15 is 0 Å². The molecule has 0 aliphatic carbocycles. The highest BCUT2D eigenvalue weighted by molar-refractivity contribution is 5.83. The van der Waals surface area contributed by atoms with Crippen molar-refractivity contribution in [2.45, 2.75) is 90.4 Å². The molecule has 1 rings (SSSR count). The highest BCUT2D eigenvalue weighted by atomic mass is 16.2. The Labute approximate surface area is 234 Å². The van der Waals surface area contributed by atoms with E-state index in [0.29, 0.717) is 45.6 Å². The average Bonchev–Trinajstić information content (AvgIpc) is 2.88. The van der Waals surface area contributed by atoms with Gasteiger partial charge in [-0.15, -0.1) is 0 Å². The van der Waals surface area contributed by atoms with Crippen LogP contribution >= 0.6 is 0 Å². The smallest absolute Gasteiger partial charge is 0.223 e. The molecule has 1 aromatic carbocycles. The summed E-state index contributed by atoms with van der Waals surface area (Å²) in [5.41, 5.74) is 13.6. The molecule has 10 heteroatoms. The van der Waals surface area contributed by atoms with Crippen molar-refractivity contribution in [3.05, 3.63) is 35.4 Å². The standard InChI is InChI=1S/C29H50N6O4/c1-23(30)14-18-34(28(39)13-12-26(37)33-17-6-16-32-4)21-24-8-10-25(11-9-24)22-35(19-15-29(2,3)31)27(38)7-5-20-36/h8-11,20,23,32H,5-7,12-19,21-22,30-31H2,1-4H3,(H,33,37). The fraction of sp³-hybridized carbons (Fsp3) is 0.655. The maximum absolute atomic E-state index is 13.0. The first-order valence-electron chi connectivity index (χ1n) is 14.0. The van der Waals surface area contributed by atoms with Gasteiger partial charge in [-0.25, -0.2) is 0 Å². The molecule has 39 heavy (non-hydrogen) atoms. The van der Waals surface area contributed by atoms with Crippen molar-refractivity contribution in [1.29, 1.82) is 0 Å². The van der Waals surface area contributed by atoms with Crippen LogP contribution in [0.2, 0.25) is 0 Å². The summed E-state index contributed by atoms with van der Waals surface area (Å²) in [6, 6.07) is 7.78. The fourth-order valence-electron chi connectivity index (χ4n) is 3.86. The van der Waals surface area contributed by atoms with Gasteiger partial charge in [0.25, 0.3) is 0 Å². The van der Waals surface area contributed by atoms with E-state index in [0.717, 1.165) is 30.4 Å². The Morgan fingerprint density at radius 2 is 1.51 bits per heavy atom. The van der Waals surface area contributed by atoms with Crippen LogP contribution in [-0.4, -0.2) is 78.6 Å². The van der Waals surface area contributed by atoms with Crippen molar-refractivity contribution in [3.63, 3.8) is 0 Å². The third-order valence-electron chi connectivity index (χ3n) is 6.32. The summed E-state index contributed by atoms with van der Waals surface area (Å²) in [5, 5.41) is 5.88. The monoisotopic (exact) mass is 546 g/mol. The number of carbonyl (C=O) groups is 4. The van der Waals surface area contributed by atoms with Gasteiger partial charge in [-0.05, 0) is 64.8 Å². The second-order valence-electron chi connectivity index (χ2n) is 11.0. The van der Waals surface area contributed by atoms with E-state index in [-0.39, 0.29) is 49.4 Å². The zero-order valence-electron chi connectivity index (χ0n) is 24.3. The predicted molar refractivity (Wildman–Crippen MR) is 155 cm³/mol. The van der Waals surface area contributed by atoms with Gasteiger partial charge in [0, 0.05) is 70.0 Å². The third kappa shape index (κ3) is 16.0. The van der Waals surface area contributed by atoms with Gasteiger partial charge in [0.2, 0.25) is 17.7 Å². The third-order valence-corrected chi connectivity index (χ3v) is 6.32. The molecule has 0 bridgehead atoms. The molecule has 0 aliphatic heterocycles. The van der Waals surface area contributed by atoms with Crippen LogP contribution in [0.4, 0.5) is 0 Å². The Bertz CT molecular complexity index is 883. The van der Waals surface area contributed by atoms with E-state index in [1.165, 1.54) is 0 Å².